The number of allylic oxidation sites excluding steroid dienone is 1. The molecule has 0 unspecified atom stereocenters. The lowest BCUT2D eigenvalue weighted by Crippen LogP contribution is -2.58. The summed E-state index contributed by atoms with van der Waals surface area (Å²) in [5.41, 5.74) is -0.561. The normalized spacial score (nSPS) is 41.7. The SMILES string of the molecule is C=C1[C@@H](C)[C@H]2[C@H](Cc3ccccc3)NC(=O)[C@]23C(=O)CC[C@@](C)(O)C[C@@H](C)CC=C[C@H]3[C@@H]1O. The van der Waals surface area contributed by atoms with Crippen LogP contribution in [0.5, 0.6) is 0 Å². The van der Waals surface area contributed by atoms with Crippen LogP contribution in [-0.2, 0) is 16.0 Å². The van der Waals surface area contributed by atoms with Crippen molar-refractivity contribution in [2.75, 3.05) is 0 Å². The summed E-state index contributed by atoms with van der Waals surface area (Å²) in [5.74, 6) is -1.42. The van der Waals surface area contributed by atoms with Crippen LogP contribution in [0.25, 0.3) is 0 Å². The number of amides is 1. The summed E-state index contributed by atoms with van der Waals surface area (Å²) in [6.45, 7) is 10.0. The topological polar surface area (TPSA) is 86.6 Å². The summed E-state index contributed by atoms with van der Waals surface area (Å²) in [7, 11) is 0. The lowest BCUT2D eigenvalue weighted by molar-refractivity contribution is -0.152. The number of hydrogen-bond acceptors (Lipinski definition) is 4. The van der Waals surface area contributed by atoms with Crippen LogP contribution in [0, 0.1) is 29.1 Å². The molecule has 0 bridgehead atoms. The van der Waals surface area contributed by atoms with Gasteiger partial charge in [0.1, 0.15) is 11.2 Å². The van der Waals surface area contributed by atoms with E-state index in [-0.39, 0.29) is 41.9 Å². The molecule has 3 N–H and O–H groups in total. The molecule has 8 atom stereocenters. The highest BCUT2D eigenvalue weighted by molar-refractivity contribution is 6.09. The number of Topliss-reactive ketones (excluding diaryl/α,β-unsaturated/α-hetero) is 1. The van der Waals surface area contributed by atoms with Crippen LogP contribution in [0.1, 0.15) is 52.0 Å². The predicted octanol–water partition coefficient (Wildman–Crippen LogP) is 3.60. The second-order valence-corrected chi connectivity index (χ2v) is 10.9. The van der Waals surface area contributed by atoms with Gasteiger partial charge in [-0.05, 0) is 55.6 Å². The molecule has 5 nitrogen and oxygen atoms in total. The highest BCUT2D eigenvalue weighted by atomic mass is 16.3. The standard InChI is InChI=1S/C28H37NO4/c1-17-9-8-12-21-25(31)19(3)18(2)24-22(15-20-10-6-5-7-11-20)29-26(32)28(21,24)23(30)13-14-27(4,33)16-17/h5-8,10-12,17-18,21-22,24-25,31,33H,3,9,13-16H2,1-2,4H3,(H,29,32)/t17-,18+,21-,22-,24-,25+,27+,28+/m0/s1. The average Bonchev–Trinajstić information content (AvgIpc) is 3.04. The summed E-state index contributed by atoms with van der Waals surface area (Å²) in [6, 6.07) is 9.74. The Labute approximate surface area is 197 Å². The van der Waals surface area contributed by atoms with Crippen molar-refractivity contribution in [3.63, 3.8) is 0 Å². The Morgan fingerprint density at radius 2 is 1.88 bits per heavy atom. The molecule has 1 heterocycles. The molecule has 5 heteroatoms. The van der Waals surface area contributed by atoms with E-state index in [0.717, 1.165) is 5.56 Å². The smallest absolute Gasteiger partial charge is 0.235 e. The van der Waals surface area contributed by atoms with E-state index in [9.17, 15) is 19.8 Å². The van der Waals surface area contributed by atoms with Gasteiger partial charge in [-0.1, -0.05) is 62.9 Å². The van der Waals surface area contributed by atoms with E-state index in [1.807, 2.05) is 49.4 Å². The number of carbonyl (C=O) groups is 2. The number of aliphatic hydroxyl groups excluding tert-OH is 1. The molecule has 1 aliphatic heterocycles. The van der Waals surface area contributed by atoms with Crippen LogP contribution in [0.3, 0.4) is 0 Å². The quantitative estimate of drug-likeness (QED) is 0.474. The molecule has 1 saturated heterocycles. The van der Waals surface area contributed by atoms with Crippen LogP contribution in [0.2, 0.25) is 0 Å². The zero-order chi connectivity index (χ0) is 24.0. The van der Waals surface area contributed by atoms with Gasteiger partial charge >= 0.3 is 0 Å². The first-order valence-electron chi connectivity index (χ1n) is 12.2. The lowest BCUT2D eigenvalue weighted by Gasteiger charge is -2.49. The third kappa shape index (κ3) is 4.10. The van der Waals surface area contributed by atoms with Gasteiger partial charge < -0.3 is 15.5 Å². The van der Waals surface area contributed by atoms with E-state index in [1.54, 1.807) is 6.92 Å². The number of carbonyl (C=O) groups excluding carboxylic acids is 2. The van der Waals surface area contributed by atoms with Crippen LogP contribution in [0.4, 0.5) is 0 Å². The van der Waals surface area contributed by atoms with Gasteiger partial charge in [0, 0.05) is 24.3 Å². The molecule has 1 amide bonds. The maximum absolute atomic E-state index is 14.0. The van der Waals surface area contributed by atoms with Crippen molar-refractivity contribution in [1.82, 2.24) is 5.32 Å². The molecular weight excluding hydrogens is 414 g/mol. The number of rotatable bonds is 2. The summed E-state index contributed by atoms with van der Waals surface area (Å²) >= 11 is 0. The van der Waals surface area contributed by atoms with Crippen molar-refractivity contribution < 1.29 is 19.8 Å². The molecule has 2 aliphatic carbocycles. The summed E-state index contributed by atoms with van der Waals surface area (Å²) in [6.07, 6.45) is 5.23. The van der Waals surface area contributed by atoms with E-state index in [1.165, 1.54) is 0 Å². The van der Waals surface area contributed by atoms with Crippen molar-refractivity contribution in [1.29, 1.82) is 0 Å². The molecule has 0 aromatic heterocycles. The average molecular weight is 452 g/mol. The molecule has 1 aromatic rings. The number of benzene rings is 1. The zero-order valence-corrected chi connectivity index (χ0v) is 20.0. The lowest BCUT2D eigenvalue weighted by atomic mass is 9.51. The monoisotopic (exact) mass is 451 g/mol. The van der Waals surface area contributed by atoms with Crippen molar-refractivity contribution in [2.24, 2.45) is 29.1 Å². The largest absolute Gasteiger partial charge is 0.390 e. The molecule has 2 fully saturated rings. The molecule has 178 valence electrons. The van der Waals surface area contributed by atoms with Gasteiger partial charge in [-0.2, -0.15) is 0 Å². The maximum atomic E-state index is 14.0. The number of hydrogen-bond donors (Lipinski definition) is 3. The number of nitrogens with one attached hydrogen (secondary N) is 1. The Morgan fingerprint density at radius 3 is 2.58 bits per heavy atom. The number of ketones is 1. The van der Waals surface area contributed by atoms with E-state index in [4.69, 9.17) is 0 Å². The zero-order valence-electron chi connectivity index (χ0n) is 20.0. The molecular formula is C28H37NO4. The number of aliphatic hydroxyl groups is 2. The summed E-state index contributed by atoms with van der Waals surface area (Å²) in [5, 5.41) is 25.4. The molecule has 0 radical (unpaired) electrons. The Balaban J connectivity index is 1.82. The second-order valence-electron chi connectivity index (χ2n) is 10.9. The minimum atomic E-state index is -1.36. The van der Waals surface area contributed by atoms with Gasteiger partial charge in [0.2, 0.25) is 5.91 Å². The molecule has 4 rings (SSSR count). The Hall–Kier alpha value is -2.24. The Morgan fingerprint density at radius 1 is 1.18 bits per heavy atom. The molecule has 1 saturated carbocycles. The predicted molar refractivity (Wildman–Crippen MR) is 128 cm³/mol. The third-order valence-electron chi connectivity index (χ3n) is 8.34. The maximum Gasteiger partial charge on any atom is 0.235 e. The minimum Gasteiger partial charge on any atom is -0.390 e. The fourth-order valence-electron chi connectivity index (χ4n) is 6.73. The van der Waals surface area contributed by atoms with Crippen LogP contribution in [0.15, 0.2) is 54.6 Å². The van der Waals surface area contributed by atoms with Gasteiger partial charge in [-0.15, -0.1) is 0 Å². The van der Waals surface area contributed by atoms with E-state index in [0.29, 0.717) is 31.3 Å². The Kier molecular flexibility index (Phi) is 6.41. The van der Waals surface area contributed by atoms with Gasteiger partial charge in [-0.25, -0.2) is 0 Å². The fraction of sp³-hybridized carbons (Fsp3) is 0.571. The third-order valence-corrected chi connectivity index (χ3v) is 8.34. The fourth-order valence-corrected chi connectivity index (χ4v) is 6.73. The van der Waals surface area contributed by atoms with Crippen LogP contribution in [-0.4, -0.2) is 39.7 Å². The molecule has 33 heavy (non-hydrogen) atoms. The van der Waals surface area contributed by atoms with Gasteiger partial charge in [0.25, 0.3) is 0 Å². The second kappa shape index (κ2) is 8.84. The van der Waals surface area contributed by atoms with Crippen molar-refractivity contribution in [3.05, 3.63) is 60.2 Å². The van der Waals surface area contributed by atoms with Gasteiger partial charge in [-0.3, -0.25) is 9.59 Å². The first kappa shape index (κ1) is 23.9. The van der Waals surface area contributed by atoms with E-state index < -0.39 is 23.0 Å². The highest BCUT2D eigenvalue weighted by Gasteiger charge is 2.68. The first-order valence-corrected chi connectivity index (χ1v) is 12.2. The van der Waals surface area contributed by atoms with Crippen molar-refractivity contribution in [2.45, 2.75) is 70.6 Å². The van der Waals surface area contributed by atoms with Crippen molar-refractivity contribution in [3.8, 4) is 0 Å². The van der Waals surface area contributed by atoms with E-state index >= 15 is 0 Å². The minimum absolute atomic E-state index is 0.109. The van der Waals surface area contributed by atoms with Gasteiger partial charge in [0.15, 0.2) is 0 Å². The van der Waals surface area contributed by atoms with E-state index in [2.05, 4.69) is 18.8 Å². The summed E-state index contributed by atoms with van der Waals surface area (Å²) in [4.78, 5) is 27.8. The van der Waals surface area contributed by atoms with Crippen molar-refractivity contribution >= 4 is 11.7 Å². The molecule has 1 aromatic carbocycles. The summed E-state index contributed by atoms with van der Waals surface area (Å²) < 4.78 is 0. The van der Waals surface area contributed by atoms with Crippen LogP contribution >= 0.6 is 0 Å². The highest BCUT2D eigenvalue weighted by Crippen LogP contribution is 2.57. The molecule has 3 aliphatic rings. The molecule has 1 spiro atoms. The van der Waals surface area contributed by atoms with Crippen LogP contribution < -0.4 is 5.32 Å². The first-order chi connectivity index (χ1) is 15.6. The van der Waals surface area contributed by atoms with Gasteiger partial charge in [0.05, 0.1) is 11.7 Å². The Bertz CT molecular complexity index is 952.